The maximum absolute atomic E-state index is 5.92. The van der Waals surface area contributed by atoms with E-state index in [1.165, 1.54) is 5.56 Å². The molecular weight excluding hydrogens is 318 g/mol. The summed E-state index contributed by atoms with van der Waals surface area (Å²) in [4.78, 5) is 2.30. The second-order valence-corrected chi connectivity index (χ2v) is 7.14. The van der Waals surface area contributed by atoms with E-state index < -0.39 is 0 Å². The normalized spacial score (nSPS) is 22.0. The van der Waals surface area contributed by atoms with Crippen molar-refractivity contribution in [3.05, 3.63) is 39.9 Å². The first kappa shape index (κ1) is 15.7. The van der Waals surface area contributed by atoms with Crippen molar-refractivity contribution in [2.24, 2.45) is 0 Å². The van der Waals surface area contributed by atoms with Gasteiger partial charge in [-0.3, -0.25) is 0 Å². The van der Waals surface area contributed by atoms with Crippen molar-refractivity contribution < 1.29 is 4.74 Å². The molecule has 3 rings (SSSR count). The summed E-state index contributed by atoms with van der Waals surface area (Å²) >= 11 is 7.59. The Balaban J connectivity index is 1.69. The van der Waals surface area contributed by atoms with Gasteiger partial charge in [-0.1, -0.05) is 42.0 Å². The average Bonchev–Trinajstić information content (AvgIpc) is 2.97. The lowest BCUT2D eigenvalue weighted by Crippen LogP contribution is -2.46. The van der Waals surface area contributed by atoms with E-state index in [9.17, 15) is 0 Å². The van der Waals surface area contributed by atoms with Crippen LogP contribution in [0.1, 0.15) is 30.8 Å². The number of ether oxygens (including phenoxy) is 1. The molecule has 2 atom stereocenters. The van der Waals surface area contributed by atoms with Crippen LogP contribution in [-0.2, 0) is 11.2 Å². The van der Waals surface area contributed by atoms with Gasteiger partial charge < -0.3 is 9.64 Å². The molecule has 0 bridgehead atoms. The van der Waals surface area contributed by atoms with Crippen molar-refractivity contribution in [2.45, 2.75) is 38.9 Å². The minimum absolute atomic E-state index is 0.238. The lowest BCUT2D eigenvalue weighted by molar-refractivity contribution is -0.0172. The van der Waals surface area contributed by atoms with Gasteiger partial charge in [0.1, 0.15) is 5.01 Å². The van der Waals surface area contributed by atoms with Crippen LogP contribution in [0.2, 0.25) is 5.02 Å². The third-order valence-electron chi connectivity index (χ3n) is 3.78. The molecular formula is C16H20ClN3OS. The molecule has 0 aliphatic carbocycles. The van der Waals surface area contributed by atoms with Gasteiger partial charge in [-0.2, -0.15) is 0 Å². The molecule has 1 aliphatic rings. The van der Waals surface area contributed by atoms with Crippen LogP contribution in [0.15, 0.2) is 24.3 Å². The van der Waals surface area contributed by atoms with Crippen LogP contribution in [-0.4, -0.2) is 35.5 Å². The van der Waals surface area contributed by atoms with Crippen molar-refractivity contribution in [1.82, 2.24) is 10.2 Å². The molecule has 0 saturated carbocycles. The van der Waals surface area contributed by atoms with Crippen LogP contribution in [0, 0.1) is 0 Å². The van der Waals surface area contributed by atoms with Gasteiger partial charge in [0.15, 0.2) is 0 Å². The number of anilines is 1. The summed E-state index contributed by atoms with van der Waals surface area (Å²) in [6.07, 6.45) is 2.35. The molecule has 0 spiro atoms. The third-order valence-corrected chi connectivity index (χ3v) is 5.01. The summed E-state index contributed by atoms with van der Waals surface area (Å²) in [7, 11) is 0. The topological polar surface area (TPSA) is 38.2 Å². The van der Waals surface area contributed by atoms with Crippen LogP contribution >= 0.6 is 22.9 Å². The molecule has 1 aromatic heterocycles. The monoisotopic (exact) mass is 337 g/mol. The van der Waals surface area contributed by atoms with Crippen LogP contribution in [0.3, 0.4) is 0 Å². The Hall–Kier alpha value is -1.17. The first-order valence-corrected chi connectivity index (χ1v) is 8.80. The first-order valence-electron chi connectivity index (χ1n) is 7.61. The summed E-state index contributed by atoms with van der Waals surface area (Å²) in [5, 5.41) is 11.5. The van der Waals surface area contributed by atoms with Gasteiger partial charge in [-0.05, 0) is 31.0 Å². The maximum Gasteiger partial charge on any atom is 0.208 e. The Morgan fingerprint density at radius 3 is 2.77 bits per heavy atom. The van der Waals surface area contributed by atoms with Crippen molar-refractivity contribution in [3.63, 3.8) is 0 Å². The molecule has 1 saturated heterocycles. The number of morpholine rings is 1. The number of halogens is 1. The summed E-state index contributed by atoms with van der Waals surface area (Å²) in [6.45, 7) is 6.06. The van der Waals surface area contributed by atoms with Gasteiger partial charge in [0.25, 0.3) is 0 Å². The minimum Gasteiger partial charge on any atom is -0.372 e. The molecule has 6 heteroatoms. The molecule has 4 nitrogen and oxygen atoms in total. The molecule has 2 unspecified atom stereocenters. The molecule has 1 aromatic carbocycles. The standard InChI is InChI=1S/C16H20ClN3OS/c1-3-14-10-20(9-11(2)21-14)16-19-18-15(22-16)8-12-4-6-13(17)7-5-12/h4-7,11,14H,3,8-10H2,1-2H3. The molecule has 2 heterocycles. The second-order valence-electron chi connectivity index (χ2n) is 5.66. The van der Waals surface area contributed by atoms with Crippen molar-refractivity contribution in [2.75, 3.05) is 18.0 Å². The van der Waals surface area contributed by atoms with E-state index in [1.54, 1.807) is 11.3 Å². The van der Waals surface area contributed by atoms with E-state index in [4.69, 9.17) is 16.3 Å². The summed E-state index contributed by atoms with van der Waals surface area (Å²) in [6, 6.07) is 7.89. The van der Waals surface area contributed by atoms with Gasteiger partial charge in [-0.15, -0.1) is 10.2 Å². The smallest absolute Gasteiger partial charge is 0.208 e. The van der Waals surface area contributed by atoms with Crippen LogP contribution < -0.4 is 4.90 Å². The molecule has 0 amide bonds. The van der Waals surface area contributed by atoms with Crippen molar-refractivity contribution in [3.8, 4) is 0 Å². The molecule has 22 heavy (non-hydrogen) atoms. The van der Waals surface area contributed by atoms with E-state index in [0.717, 1.165) is 41.1 Å². The maximum atomic E-state index is 5.92. The number of aromatic nitrogens is 2. The Bertz CT molecular complexity index is 616. The first-order chi connectivity index (χ1) is 10.6. The summed E-state index contributed by atoms with van der Waals surface area (Å²) < 4.78 is 5.90. The van der Waals surface area contributed by atoms with E-state index in [1.807, 2.05) is 24.3 Å². The van der Waals surface area contributed by atoms with Crippen molar-refractivity contribution >= 4 is 28.1 Å². The summed E-state index contributed by atoms with van der Waals surface area (Å²) in [5.74, 6) is 0. The lowest BCUT2D eigenvalue weighted by atomic mass is 10.2. The predicted octanol–water partition coefficient (Wildman–Crippen LogP) is 3.79. The highest BCUT2D eigenvalue weighted by Gasteiger charge is 2.26. The molecule has 1 aliphatic heterocycles. The largest absolute Gasteiger partial charge is 0.372 e. The fraction of sp³-hybridized carbons (Fsp3) is 0.500. The number of benzene rings is 1. The predicted molar refractivity (Wildman–Crippen MR) is 91.0 cm³/mol. The zero-order valence-electron chi connectivity index (χ0n) is 12.8. The molecule has 0 N–H and O–H groups in total. The Kier molecular flexibility index (Phi) is 4.96. The fourth-order valence-corrected chi connectivity index (χ4v) is 3.66. The fourth-order valence-electron chi connectivity index (χ4n) is 2.65. The van der Waals surface area contributed by atoms with Crippen molar-refractivity contribution in [1.29, 1.82) is 0 Å². The number of nitrogens with zero attached hydrogens (tertiary/aromatic N) is 3. The lowest BCUT2D eigenvalue weighted by Gasteiger charge is -2.36. The van der Waals surface area contributed by atoms with E-state index >= 15 is 0 Å². The molecule has 2 aromatic rings. The Morgan fingerprint density at radius 1 is 1.27 bits per heavy atom. The third kappa shape index (κ3) is 3.77. The SMILES string of the molecule is CCC1CN(c2nnc(Cc3ccc(Cl)cc3)s2)CC(C)O1. The van der Waals surface area contributed by atoms with Gasteiger partial charge in [0, 0.05) is 24.5 Å². The van der Waals surface area contributed by atoms with Gasteiger partial charge in [0.2, 0.25) is 5.13 Å². The highest BCUT2D eigenvalue weighted by molar-refractivity contribution is 7.15. The molecule has 1 fully saturated rings. The number of hydrogen-bond acceptors (Lipinski definition) is 5. The Labute approximate surface area is 140 Å². The van der Waals surface area contributed by atoms with Crippen LogP contribution in [0.5, 0.6) is 0 Å². The molecule has 118 valence electrons. The van der Waals surface area contributed by atoms with E-state index in [-0.39, 0.29) is 12.2 Å². The number of rotatable bonds is 4. The zero-order valence-corrected chi connectivity index (χ0v) is 14.4. The molecule has 0 radical (unpaired) electrons. The highest BCUT2D eigenvalue weighted by Crippen LogP contribution is 2.26. The summed E-state index contributed by atoms with van der Waals surface area (Å²) in [5.41, 5.74) is 1.20. The highest BCUT2D eigenvalue weighted by atomic mass is 35.5. The van der Waals surface area contributed by atoms with Gasteiger partial charge >= 0.3 is 0 Å². The van der Waals surface area contributed by atoms with Gasteiger partial charge in [-0.25, -0.2) is 0 Å². The van der Waals surface area contributed by atoms with Crippen LogP contribution in [0.25, 0.3) is 0 Å². The minimum atomic E-state index is 0.238. The Morgan fingerprint density at radius 2 is 2.05 bits per heavy atom. The van der Waals surface area contributed by atoms with E-state index in [0.29, 0.717) is 0 Å². The number of hydrogen-bond donors (Lipinski definition) is 0. The average molecular weight is 338 g/mol. The second kappa shape index (κ2) is 6.94. The van der Waals surface area contributed by atoms with Gasteiger partial charge in [0.05, 0.1) is 12.2 Å². The zero-order chi connectivity index (χ0) is 15.5. The van der Waals surface area contributed by atoms with E-state index in [2.05, 4.69) is 28.9 Å². The quantitative estimate of drug-likeness (QED) is 0.850. The van der Waals surface area contributed by atoms with Crippen LogP contribution in [0.4, 0.5) is 5.13 Å².